The molecule has 1 saturated heterocycles. The quantitative estimate of drug-likeness (QED) is 0.902. The van der Waals surface area contributed by atoms with E-state index in [4.69, 9.17) is 16.3 Å². The van der Waals surface area contributed by atoms with E-state index >= 15 is 0 Å². The second kappa shape index (κ2) is 6.19. The lowest BCUT2D eigenvalue weighted by atomic mass is 10.2. The van der Waals surface area contributed by atoms with Crippen LogP contribution in [0.5, 0.6) is 0 Å². The fraction of sp³-hybridized carbons (Fsp3) is 0.500. The molecule has 0 amide bonds. The number of sulfone groups is 1. The highest BCUT2D eigenvalue weighted by Crippen LogP contribution is 2.23. The average molecular weight is 305 g/mol. The molecule has 106 valence electrons. The number of nitrogens with one attached hydrogen (secondary N) is 1. The third-order valence-corrected chi connectivity index (χ3v) is 4.50. The van der Waals surface area contributed by atoms with Gasteiger partial charge in [-0.25, -0.2) is 13.4 Å². The van der Waals surface area contributed by atoms with Gasteiger partial charge in [0.1, 0.15) is 0 Å². The first-order chi connectivity index (χ1) is 8.98. The predicted octanol–water partition coefficient (Wildman–Crippen LogP) is 1.08. The molecule has 0 spiro atoms. The van der Waals surface area contributed by atoms with Gasteiger partial charge in [0.15, 0.2) is 9.84 Å². The minimum absolute atomic E-state index is 0.278. The number of hydrazine groups is 1. The average Bonchev–Trinajstić information content (AvgIpc) is 2.37. The molecule has 0 atom stereocenters. The molecule has 7 heteroatoms. The number of rotatable bonds is 4. The number of halogens is 1. The van der Waals surface area contributed by atoms with Crippen LogP contribution in [0.3, 0.4) is 0 Å². The van der Waals surface area contributed by atoms with Crippen LogP contribution in [0.1, 0.15) is 5.56 Å². The van der Waals surface area contributed by atoms with Crippen molar-refractivity contribution in [2.45, 2.75) is 11.4 Å². The van der Waals surface area contributed by atoms with Crippen molar-refractivity contribution in [1.82, 2.24) is 10.4 Å². The molecule has 5 nitrogen and oxygen atoms in total. The molecule has 0 aliphatic carbocycles. The van der Waals surface area contributed by atoms with E-state index in [-0.39, 0.29) is 4.90 Å². The molecule has 1 aliphatic rings. The lowest BCUT2D eigenvalue weighted by molar-refractivity contribution is 0.0104. The fourth-order valence-corrected chi connectivity index (χ4v) is 3.22. The van der Waals surface area contributed by atoms with Crippen molar-refractivity contribution >= 4 is 21.4 Å². The van der Waals surface area contributed by atoms with Gasteiger partial charge in [-0.15, -0.1) is 0 Å². The SMILES string of the molecule is CS(=O)(=O)c1cccc(Cl)c1CNN1CCOCC1. The van der Waals surface area contributed by atoms with Crippen LogP contribution in [0.15, 0.2) is 23.1 Å². The van der Waals surface area contributed by atoms with E-state index in [1.165, 1.54) is 6.26 Å². The van der Waals surface area contributed by atoms with Crippen LogP contribution in [-0.4, -0.2) is 46.0 Å². The Morgan fingerprint density at radius 1 is 1.37 bits per heavy atom. The molecule has 0 aromatic heterocycles. The molecule has 0 bridgehead atoms. The van der Waals surface area contributed by atoms with Crippen molar-refractivity contribution in [3.63, 3.8) is 0 Å². The maximum atomic E-state index is 11.7. The van der Waals surface area contributed by atoms with Gasteiger partial charge in [0.2, 0.25) is 0 Å². The Morgan fingerprint density at radius 2 is 2.05 bits per heavy atom. The fourth-order valence-electron chi connectivity index (χ4n) is 1.97. The number of ether oxygens (including phenoxy) is 1. The number of hydrogen-bond donors (Lipinski definition) is 1. The normalized spacial score (nSPS) is 17.6. The Kier molecular flexibility index (Phi) is 4.81. The maximum absolute atomic E-state index is 11.7. The highest BCUT2D eigenvalue weighted by molar-refractivity contribution is 7.90. The van der Waals surface area contributed by atoms with Crippen molar-refractivity contribution in [2.24, 2.45) is 0 Å². The number of nitrogens with zero attached hydrogens (tertiary/aromatic N) is 1. The molecule has 0 radical (unpaired) electrons. The molecule has 19 heavy (non-hydrogen) atoms. The van der Waals surface area contributed by atoms with Gasteiger partial charge in [0, 0.05) is 36.5 Å². The zero-order valence-electron chi connectivity index (χ0n) is 10.7. The third kappa shape index (κ3) is 3.90. The third-order valence-electron chi connectivity index (χ3n) is 2.97. The molecular weight excluding hydrogens is 288 g/mol. The van der Waals surface area contributed by atoms with Crippen LogP contribution in [0, 0.1) is 0 Å². The minimum atomic E-state index is -3.28. The van der Waals surface area contributed by atoms with Gasteiger partial charge in [-0.2, -0.15) is 0 Å². The van der Waals surface area contributed by atoms with Gasteiger partial charge in [-0.3, -0.25) is 5.43 Å². The van der Waals surface area contributed by atoms with E-state index < -0.39 is 9.84 Å². The Hall–Kier alpha value is -0.660. The van der Waals surface area contributed by atoms with E-state index in [0.29, 0.717) is 30.3 Å². The van der Waals surface area contributed by atoms with Crippen LogP contribution in [0.2, 0.25) is 5.02 Å². The Morgan fingerprint density at radius 3 is 2.68 bits per heavy atom. The van der Waals surface area contributed by atoms with E-state index in [1.807, 2.05) is 5.01 Å². The summed E-state index contributed by atoms with van der Waals surface area (Å²) < 4.78 is 28.7. The van der Waals surface area contributed by atoms with Crippen LogP contribution >= 0.6 is 11.6 Å². The van der Waals surface area contributed by atoms with Crippen LogP contribution in [-0.2, 0) is 21.1 Å². The van der Waals surface area contributed by atoms with Gasteiger partial charge in [-0.1, -0.05) is 17.7 Å². The molecule has 1 aliphatic heterocycles. The Bertz CT molecular complexity index is 542. The summed E-state index contributed by atoms with van der Waals surface area (Å²) in [5, 5.41) is 2.47. The van der Waals surface area contributed by atoms with Crippen molar-refractivity contribution in [1.29, 1.82) is 0 Å². The molecule has 1 heterocycles. The van der Waals surface area contributed by atoms with Gasteiger partial charge in [0.25, 0.3) is 0 Å². The zero-order chi connectivity index (χ0) is 13.9. The minimum Gasteiger partial charge on any atom is -0.379 e. The summed E-state index contributed by atoms with van der Waals surface area (Å²) in [6.07, 6.45) is 1.19. The highest BCUT2D eigenvalue weighted by atomic mass is 35.5. The molecule has 1 aromatic rings. The topological polar surface area (TPSA) is 58.6 Å². The summed E-state index contributed by atoms with van der Waals surface area (Å²) in [6.45, 7) is 3.29. The highest BCUT2D eigenvalue weighted by Gasteiger charge is 2.17. The lowest BCUT2D eigenvalue weighted by Gasteiger charge is -2.27. The molecule has 1 aromatic carbocycles. The van der Waals surface area contributed by atoms with Crippen LogP contribution in [0.25, 0.3) is 0 Å². The molecule has 1 fully saturated rings. The first-order valence-electron chi connectivity index (χ1n) is 6.02. The monoisotopic (exact) mass is 304 g/mol. The van der Waals surface area contributed by atoms with E-state index in [2.05, 4.69) is 5.43 Å². The van der Waals surface area contributed by atoms with Crippen molar-refractivity contribution in [2.75, 3.05) is 32.6 Å². The first kappa shape index (κ1) is 14.7. The second-order valence-corrected chi connectivity index (χ2v) is 6.81. The summed E-state index contributed by atoms with van der Waals surface area (Å²) in [7, 11) is -3.28. The van der Waals surface area contributed by atoms with Crippen LogP contribution < -0.4 is 5.43 Å². The molecular formula is C12H17ClN2O3S. The summed E-state index contributed by atoms with van der Waals surface area (Å²) in [5.74, 6) is 0. The van der Waals surface area contributed by atoms with E-state index in [1.54, 1.807) is 18.2 Å². The molecule has 2 rings (SSSR count). The first-order valence-corrected chi connectivity index (χ1v) is 8.29. The summed E-state index contributed by atoms with van der Waals surface area (Å²) >= 11 is 6.11. The van der Waals surface area contributed by atoms with Gasteiger partial charge in [-0.05, 0) is 12.1 Å². The molecule has 0 unspecified atom stereocenters. The summed E-state index contributed by atoms with van der Waals surface area (Å²) in [6, 6.07) is 4.93. The number of hydrogen-bond acceptors (Lipinski definition) is 5. The molecule has 0 saturated carbocycles. The van der Waals surface area contributed by atoms with Crippen molar-refractivity contribution in [3.05, 3.63) is 28.8 Å². The number of benzene rings is 1. The molecule has 1 N–H and O–H groups in total. The Labute approximate surface area is 118 Å². The van der Waals surface area contributed by atoms with Gasteiger partial charge < -0.3 is 4.74 Å². The summed E-state index contributed by atoms with van der Waals surface area (Å²) in [4.78, 5) is 0.278. The zero-order valence-corrected chi connectivity index (χ0v) is 12.3. The lowest BCUT2D eigenvalue weighted by Crippen LogP contribution is -2.45. The van der Waals surface area contributed by atoms with Crippen LogP contribution in [0.4, 0.5) is 0 Å². The second-order valence-electron chi connectivity index (χ2n) is 4.42. The van der Waals surface area contributed by atoms with Gasteiger partial charge in [0.05, 0.1) is 18.1 Å². The van der Waals surface area contributed by atoms with Crippen molar-refractivity contribution in [3.8, 4) is 0 Å². The van der Waals surface area contributed by atoms with Gasteiger partial charge >= 0.3 is 0 Å². The maximum Gasteiger partial charge on any atom is 0.175 e. The van der Waals surface area contributed by atoms with E-state index in [0.717, 1.165) is 13.1 Å². The predicted molar refractivity (Wildman–Crippen MR) is 73.8 cm³/mol. The number of morpholine rings is 1. The largest absolute Gasteiger partial charge is 0.379 e. The Balaban J connectivity index is 2.15. The standard InChI is InChI=1S/C12H17ClN2O3S/c1-19(16,17)12-4-2-3-11(13)10(12)9-14-15-5-7-18-8-6-15/h2-4,14H,5-9H2,1H3. The summed E-state index contributed by atoms with van der Waals surface area (Å²) in [5.41, 5.74) is 3.81. The van der Waals surface area contributed by atoms with E-state index in [9.17, 15) is 8.42 Å². The smallest absolute Gasteiger partial charge is 0.175 e. The van der Waals surface area contributed by atoms with Crippen molar-refractivity contribution < 1.29 is 13.2 Å².